The van der Waals surface area contributed by atoms with Crippen LogP contribution >= 0.6 is 11.6 Å². The summed E-state index contributed by atoms with van der Waals surface area (Å²) < 4.78 is 6.11. The Balaban J connectivity index is 1.25. The summed E-state index contributed by atoms with van der Waals surface area (Å²) in [6.07, 6.45) is 0. The topological polar surface area (TPSA) is 25.2 Å². The fraction of sp³-hybridized carbons (Fsp3) is 0.0909. The van der Waals surface area contributed by atoms with Crippen molar-refractivity contribution in [3.63, 3.8) is 0 Å². The summed E-state index contributed by atoms with van der Waals surface area (Å²) in [7, 11) is 0. The molecule has 0 bridgehead atoms. The summed E-state index contributed by atoms with van der Waals surface area (Å²) >= 11 is 6.80. The second-order valence-corrected chi connectivity index (χ2v) is 10.5. The second kappa shape index (κ2) is 7.74. The minimum atomic E-state index is -0.0726. The summed E-state index contributed by atoms with van der Waals surface area (Å²) in [6.45, 7) is 4.56. The molecular weight excluding hydrogens is 462 g/mol. The Hall–Kier alpha value is -4.01. The summed E-state index contributed by atoms with van der Waals surface area (Å²) in [4.78, 5) is 0. The quantitative estimate of drug-likeness (QED) is 0.269. The van der Waals surface area contributed by atoms with Crippen LogP contribution in [0.4, 0.5) is 11.4 Å². The first kappa shape index (κ1) is 21.3. The Labute approximate surface area is 215 Å². The SMILES string of the molecule is CC1(C)c2ccccc2-c2cc(Cl)c(Nc3cccc(-c4ccc5c(c4)oc4ccccc45)c3)cc21. The van der Waals surface area contributed by atoms with Crippen LogP contribution in [-0.2, 0) is 5.41 Å². The van der Waals surface area contributed by atoms with Crippen LogP contribution in [0.1, 0.15) is 25.0 Å². The van der Waals surface area contributed by atoms with Crippen LogP contribution in [0.3, 0.4) is 0 Å². The molecule has 1 aromatic heterocycles. The van der Waals surface area contributed by atoms with Gasteiger partial charge in [0.2, 0.25) is 0 Å². The van der Waals surface area contributed by atoms with Gasteiger partial charge in [-0.05, 0) is 75.8 Å². The van der Waals surface area contributed by atoms with E-state index in [1.807, 2.05) is 18.2 Å². The molecule has 6 aromatic rings. The zero-order valence-corrected chi connectivity index (χ0v) is 20.9. The van der Waals surface area contributed by atoms with E-state index in [9.17, 15) is 0 Å². The Kier molecular flexibility index (Phi) is 4.58. The van der Waals surface area contributed by atoms with Gasteiger partial charge in [-0.3, -0.25) is 0 Å². The highest BCUT2D eigenvalue weighted by Crippen LogP contribution is 2.51. The third-order valence-corrected chi connectivity index (χ3v) is 7.84. The molecule has 0 amide bonds. The van der Waals surface area contributed by atoms with Crippen LogP contribution in [0, 0.1) is 0 Å². The van der Waals surface area contributed by atoms with Gasteiger partial charge in [-0.2, -0.15) is 0 Å². The van der Waals surface area contributed by atoms with Gasteiger partial charge in [-0.1, -0.05) is 86.1 Å². The number of hydrogen-bond donors (Lipinski definition) is 1. The lowest BCUT2D eigenvalue weighted by atomic mass is 9.82. The van der Waals surface area contributed by atoms with Gasteiger partial charge in [-0.15, -0.1) is 0 Å². The smallest absolute Gasteiger partial charge is 0.136 e. The van der Waals surface area contributed by atoms with Crippen molar-refractivity contribution in [1.82, 2.24) is 0 Å². The highest BCUT2D eigenvalue weighted by atomic mass is 35.5. The third kappa shape index (κ3) is 3.18. The standard InChI is InChI=1S/C33H24ClNO/c1-33(2)27-12-5-3-10-23(27)26-18-29(34)30(19-28(26)33)35-22-9-7-8-20(16-22)21-14-15-25-24-11-4-6-13-31(24)36-32(25)17-21/h3-19,35H,1-2H3. The van der Waals surface area contributed by atoms with Gasteiger partial charge in [0, 0.05) is 21.9 Å². The molecule has 3 heteroatoms. The molecule has 1 aliphatic rings. The average Bonchev–Trinajstić information content (AvgIpc) is 3.37. The van der Waals surface area contributed by atoms with Crippen molar-refractivity contribution in [2.75, 3.05) is 5.32 Å². The van der Waals surface area contributed by atoms with Gasteiger partial charge in [0.1, 0.15) is 11.2 Å². The predicted molar refractivity (Wildman–Crippen MR) is 151 cm³/mol. The van der Waals surface area contributed by atoms with Crippen molar-refractivity contribution in [2.24, 2.45) is 0 Å². The molecule has 0 radical (unpaired) electrons. The van der Waals surface area contributed by atoms with Gasteiger partial charge in [0.15, 0.2) is 0 Å². The van der Waals surface area contributed by atoms with E-state index < -0.39 is 0 Å². The molecule has 0 atom stereocenters. The van der Waals surface area contributed by atoms with Crippen molar-refractivity contribution in [3.05, 3.63) is 119 Å². The molecule has 0 aliphatic heterocycles. The highest BCUT2D eigenvalue weighted by molar-refractivity contribution is 6.33. The lowest BCUT2D eigenvalue weighted by Gasteiger charge is -2.22. The van der Waals surface area contributed by atoms with Crippen molar-refractivity contribution >= 4 is 44.9 Å². The second-order valence-electron chi connectivity index (χ2n) is 10.1. The first-order valence-electron chi connectivity index (χ1n) is 12.2. The maximum Gasteiger partial charge on any atom is 0.136 e. The molecule has 1 N–H and O–H groups in total. The van der Waals surface area contributed by atoms with Crippen molar-refractivity contribution in [2.45, 2.75) is 19.3 Å². The Morgan fingerprint density at radius 1 is 0.639 bits per heavy atom. The molecule has 0 unspecified atom stereocenters. The minimum absolute atomic E-state index is 0.0726. The maximum atomic E-state index is 6.80. The molecule has 7 rings (SSSR count). The maximum absolute atomic E-state index is 6.80. The molecule has 1 aliphatic carbocycles. The van der Waals surface area contributed by atoms with Gasteiger partial charge in [0.25, 0.3) is 0 Å². The molecule has 0 spiro atoms. The molecule has 1 heterocycles. The lowest BCUT2D eigenvalue weighted by Crippen LogP contribution is -2.15. The van der Waals surface area contributed by atoms with Crippen molar-refractivity contribution in [3.8, 4) is 22.3 Å². The van der Waals surface area contributed by atoms with Crippen LogP contribution in [0.25, 0.3) is 44.2 Å². The van der Waals surface area contributed by atoms with Gasteiger partial charge >= 0.3 is 0 Å². The Morgan fingerprint density at radius 2 is 1.42 bits per heavy atom. The van der Waals surface area contributed by atoms with E-state index in [-0.39, 0.29) is 5.41 Å². The molecule has 2 nitrogen and oxygen atoms in total. The van der Waals surface area contributed by atoms with E-state index >= 15 is 0 Å². The van der Waals surface area contributed by atoms with Crippen LogP contribution in [0.15, 0.2) is 108 Å². The molecule has 174 valence electrons. The molecular formula is C33H24ClNO. The number of para-hydroxylation sites is 1. The third-order valence-electron chi connectivity index (χ3n) is 7.52. The van der Waals surface area contributed by atoms with Crippen LogP contribution in [0.2, 0.25) is 5.02 Å². The fourth-order valence-electron chi connectivity index (χ4n) is 5.65. The van der Waals surface area contributed by atoms with Crippen LogP contribution < -0.4 is 5.32 Å². The zero-order chi connectivity index (χ0) is 24.4. The molecule has 0 fully saturated rings. The van der Waals surface area contributed by atoms with Gasteiger partial charge in [0.05, 0.1) is 10.7 Å². The summed E-state index contributed by atoms with van der Waals surface area (Å²) in [5.41, 5.74) is 11.0. The Morgan fingerprint density at radius 3 is 2.33 bits per heavy atom. The fourth-order valence-corrected chi connectivity index (χ4v) is 5.87. The average molecular weight is 486 g/mol. The predicted octanol–water partition coefficient (Wildman–Crippen LogP) is 9.96. The lowest BCUT2D eigenvalue weighted by molar-refractivity contribution is 0.660. The molecule has 36 heavy (non-hydrogen) atoms. The van der Waals surface area contributed by atoms with Crippen molar-refractivity contribution < 1.29 is 4.42 Å². The van der Waals surface area contributed by atoms with Crippen molar-refractivity contribution in [1.29, 1.82) is 0 Å². The van der Waals surface area contributed by atoms with Crippen LogP contribution in [0.5, 0.6) is 0 Å². The number of rotatable bonds is 3. The number of furan rings is 1. The number of anilines is 2. The van der Waals surface area contributed by atoms with E-state index in [1.54, 1.807) is 0 Å². The molecule has 0 saturated heterocycles. The normalized spacial score (nSPS) is 13.6. The zero-order valence-electron chi connectivity index (χ0n) is 20.1. The van der Waals surface area contributed by atoms with E-state index in [0.717, 1.165) is 49.5 Å². The number of halogens is 1. The first-order valence-corrected chi connectivity index (χ1v) is 12.6. The van der Waals surface area contributed by atoms with E-state index in [1.165, 1.54) is 22.3 Å². The summed E-state index contributed by atoms with van der Waals surface area (Å²) in [5, 5.41) is 6.58. The number of benzene rings is 5. The minimum Gasteiger partial charge on any atom is -0.456 e. The van der Waals surface area contributed by atoms with E-state index in [0.29, 0.717) is 0 Å². The van der Waals surface area contributed by atoms with E-state index in [4.69, 9.17) is 16.0 Å². The Bertz CT molecular complexity index is 1810. The monoisotopic (exact) mass is 485 g/mol. The number of nitrogens with one attached hydrogen (secondary N) is 1. The highest BCUT2D eigenvalue weighted by Gasteiger charge is 2.35. The molecule has 5 aromatic carbocycles. The van der Waals surface area contributed by atoms with Gasteiger partial charge < -0.3 is 9.73 Å². The molecule has 0 saturated carbocycles. The first-order chi connectivity index (χ1) is 17.5. The number of hydrogen-bond acceptors (Lipinski definition) is 2. The number of fused-ring (bicyclic) bond motifs is 6. The summed E-state index contributed by atoms with van der Waals surface area (Å²) in [5.74, 6) is 0. The van der Waals surface area contributed by atoms with E-state index in [2.05, 4.69) is 104 Å². The van der Waals surface area contributed by atoms with Gasteiger partial charge in [-0.25, -0.2) is 0 Å². The largest absolute Gasteiger partial charge is 0.456 e. The van der Waals surface area contributed by atoms with Crippen LogP contribution in [-0.4, -0.2) is 0 Å². The summed E-state index contributed by atoms with van der Waals surface area (Å²) in [6, 6.07) is 36.0.